The topological polar surface area (TPSA) is 65.1 Å². The van der Waals surface area contributed by atoms with Crippen molar-refractivity contribution >= 4 is 34.5 Å². The Morgan fingerprint density at radius 3 is 2.35 bits per heavy atom. The highest BCUT2D eigenvalue weighted by Gasteiger charge is 2.32. The number of carbonyl (C=O) groups excluding carboxylic acids is 1. The lowest BCUT2D eigenvalue weighted by Crippen LogP contribution is -2.39. The first-order valence-corrected chi connectivity index (χ1v) is 14.0. The smallest absolute Gasteiger partial charge is 0.313 e. The van der Waals surface area contributed by atoms with Gasteiger partial charge < -0.3 is 14.0 Å². The van der Waals surface area contributed by atoms with Gasteiger partial charge in [0, 0.05) is 18.8 Å². The second-order valence-corrected chi connectivity index (χ2v) is 15.4. The molecule has 0 amide bonds. The van der Waals surface area contributed by atoms with Gasteiger partial charge in [0.15, 0.2) is 0 Å². The monoisotopic (exact) mass is 427 g/mol. The fraction of sp³-hybridized carbons (Fsp3) is 0.941. The molecule has 9 heteroatoms. The zero-order valence-corrected chi connectivity index (χ0v) is 19.4. The summed E-state index contributed by atoms with van der Waals surface area (Å²) in [6.07, 6.45) is 2.52. The van der Waals surface area contributed by atoms with Gasteiger partial charge >= 0.3 is 11.7 Å². The molecule has 0 radical (unpaired) electrons. The maximum atomic E-state index is 12.7. The van der Waals surface area contributed by atoms with Gasteiger partial charge in [0.25, 0.3) is 0 Å². The van der Waals surface area contributed by atoms with Crippen LogP contribution in [0.25, 0.3) is 0 Å². The van der Waals surface area contributed by atoms with Crippen LogP contribution in [-0.4, -0.2) is 67.9 Å². The van der Waals surface area contributed by atoms with Gasteiger partial charge in [-0.3, -0.25) is 14.3 Å². The largest absolute Gasteiger partial charge is 0.464 e. The Morgan fingerprint density at radius 2 is 1.81 bits per heavy atom. The number of morpholine rings is 1. The minimum atomic E-state index is -2.83. The third kappa shape index (κ3) is 9.47. The minimum Gasteiger partial charge on any atom is -0.464 e. The zero-order valence-electron chi connectivity index (χ0n) is 16.9. The number of rotatable bonds is 10. The molecule has 0 aromatic carbocycles. The molecule has 1 heterocycles. The maximum absolute atomic E-state index is 12.7. The van der Waals surface area contributed by atoms with Crippen LogP contribution >= 0.6 is 28.5 Å². The molecule has 1 aliphatic heterocycles. The van der Waals surface area contributed by atoms with Crippen molar-refractivity contribution in [3.8, 4) is 0 Å². The predicted molar refractivity (Wildman–Crippen MR) is 111 cm³/mol. The maximum Gasteiger partial charge on any atom is 0.313 e. The van der Waals surface area contributed by atoms with E-state index in [2.05, 4.69) is 4.90 Å². The molecule has 1 unspecified atom stereocenters. The summed E-state index contributed by atoms with van der Waals surface area (Å²) in [6, 6.07) is 0. The Kier molecular flexibility index (Phi) is 10.0. The first-order valence-electron chi connectivity index (χ1n) is 8.96. The van der Waals surface area contributed by atoms with Gasteiger partial charge in [0.05, 0.1) is 24.2 Å². The van der Waals surface area contributed by atoms with Crippen LogP contribution in [0, 0.1) is 5.41 Å². The van der Waals surface area contributed by atoms with Crippen LogP contribution in [0.2, 0.25) is 0 Å². The summed E-state index contributed by atoms with van der Waals surface area (Å²) in [6.45, 7) is 13.9. The lowest BCUT2D eigenvalue weighted by Gasteiger charge is -2.30. The Morgan fingerprint density at radius 1 is 1.19 bits per heavy atom. The summed E-state index contributed by atoms with van der Waals surface area (Å²) < 4.78 is 29.1. The van der Waals surface area contributed by atoms with Crippen LogP contribution in [-0.2, 0) is 23.4 Å². The molecule has 0 N–H and O–H groups in total. The Bertz CT molecular complexity index is 490. The number of carbonyl (C=O) groups is 1. The average Bonchev–Trinajstić information content (AvgIpc) is 2.56. The number of hydrogen-bond donors (Lipinski definition) is 0. The second-order valence-electron chi connectivity index (χ2n) is 7.89. The van der Waals surface area contributed by atoms with Gasteiger partial charge in [-0.05, 0) is 53.8 Å². The molecule has 1 fully saturated rings. The Labute approximate surface area is 166 Å². The standard InChI is InChI=1S/C17H34NO5PS2/c1-16(2,3)23-24(20,25-6)26-14-13-22-15(19)17(4,5)7-8-18-9-11-21-12-10-18/h7-14H2,1-6H3. The van der Waals surface area contributed by atoms with Crippen molar-refractivity contribution in [3.05, 3.63) is 0 Å². The third-order valence-corrected chi connectivity index (χ3v) is 11.3. The number of esters is 1. The lowest BCUT2D eigenvalue weighted by atomic mass is 9.89. The van der Waals surface area contributed by atoms with Gasteiger partial charge in [-0.15, -0.1) is 0 Å². The number of ether oxygens (including phenoxy) is 2. The lowest BCUT2D eigenvalue weighted by molar-refractivity contribution is -0.153. The molecule has 0 aromatic rings. The van der Waals surface area contributed by atoms with E-state index in [1.54, 1.807) is 6.26 Å². The van der Waals surface area contributed by atoms with Crippen LogP contribution in [0.5, 0.6) is 0 Å². The van der Waals surface area contributed by atoms with Crippen LogP contribution < -0.4 is 0 Å². The second kappa shape index (κ2) is 10.7. The van der Waals surface area contributed by atoms with E-state index in [-0.39, 0.29) is 12.6 Å². The van der Waals surface area contributed by atoms with E-state index in [1.165, 1.54) is 22.8 Å². The molecule has 1 saturated heterocycles. The molecule has 0 saturated carbocycles. The van der Waals surface area contributed by atoms with Crippen molar-refractivity contribution in [1.82, 2.24) is 4.90 Å². The van der Waals surface area contributed by atoms with Crippen molar-refractivity contribution in [2.24, 2.45) is 5.41 Å². The summed E-state index contributed by atoms with van der Waals surface area (Å²) >= 11 is 2.46. The molecule has 0 aromatic heterocycles. The summed E-state index contributed by atoms with van der Waals surface area (Å²) in [5.41, 5.74) is -1.00. The normalized spacial score (nSPS) is 19.2. The van der Waals surface area contributed by atoms with Crippen molar-refractivity contribution in [3.63, 3.8) is 0 Å². The Balaban J connectivity index is 2.33. The number of nitrogens with zero attached hydrogens (tertiary/aromatic N) is 1. The van der Waals surface area contributed by atoms with E-state index >= 15 is 0 Å². The highest BCUT2D eigenvalue weighted by molar-refractivity contribution is 8.89. The average molecular weight is 428 g/mol. The van der Waals surface area contributed by atoms with Gasteiger partial charge in [-0.2, -0.15) is 0 Å². The summed E-state index contributed by atoms with van der Waals surface area (Å²) in [5, 5.41) is 0. The van der Waals surface area contributed by atoms with E-state index in [0.29, 0.717) is 5.75 Å². The van der Waals surface area contributed by atoms with E-state index < -0.39 is 16.8 Å². The molecule has 6 nitrogen and oxygen atoms in total. The highest BCUT2D eigenvalue weighted by Crippen LogP contribution is 2.70. The van der Waals surface area contributed by atoms with Crippen molar-refractivity contribution in [2.75, 3.05) is 51.5 Å². The minimum absolute atomic E-state index is 0.206. The van der Waals surface area contributed by atoms with E-state index in [9.17, 15) is 9.36 Å². The molecule has 0 spiro atoms. The predicted octanol–water partition coefficient (Wildman–Crippen LogP) is 4.30. The highest BCUT2D eigenvalue weighted by atomic mass is 33.1. The molecule has 1 aliphatic rings. The van der Waals surface area contributed by atoms with E-state index in [4.69, 9.17) is 14.0 Å². The Hall–Kier alpha value is 0.280. The number of hydrogen-bond acceptors (Lipinski definition) is 8. The quantitative estimate of drug-likeness (QED) is 0.290. The molecular formula is C17H34NO5PS2. The van der Waals surface area contributed by atoms with E-state index in [1.807, 2.05) is 34.6 Å². The molecule has 0 aliphatic carbocycles. The van der Waals surface area contributed by atoms with Gasteiger partial charge in [0.2, 0.25) is 0 Å². The first-order chi connectivity index (χ1) is 12.0. The van der Waals surface area contributed by atoms with Crippen LogP contribution in [0.3, 0.4) is 0 Å². The molecular weight excluding hydrogens is 393 g/mol. The van der Waals surface area contributed by atoms with Crippen molar-refractivity contribution in [1.29, 1.82) is 0 Å². The van der Waals surface area contributed by atoms with Crippen LogP contribution in [0.1, 0.15) is 41.0 Å². The van der Waals surface area contributed by atoms with Gasteiger partial charge in [-0.1, -0.05) is 22.8 Å². The third-order valence-electron chi connectivity index (χ3n) is 3.88. The van der Waals surface area contributed by atoms with Crippen LogP contribution in [0.4, 0.5) is 0 Å². The molecule has 1 atom stereocenters. The molecule has 154 valence electrons. The fourth-order valence-electron chi connectivity index (χ4n) is 2.29. The fourth-order valence-corrected chi connectivity index (χ4v) is 8.13. The summed E-state index contributed by atoms with van der Waals surface area (Å²) in [7, 11) is 0. The summed E-state index contributed by atoms with van der Waals surface area (Å²) in [5.74, 6) is -2.58. The van der Waals surface area contributed by atoms with Crippen LogP contribution in [0.15, 0.2) is 0 Å². The van der Waals surface area contributed by atoms with Gasteiger partial charge in [0.1, 0.15) is 6.61 Å². The van der Waals surface area contributed by atoms with Crippen molar-refractivity contribution in [2.45, 2.75) is 46.6 Å². The van der Waals surface area contributed by atoms with Gasteiger partial charge in [-0.25, -0.2) is 0 Å². The molecule has 26 heavy (non-hydrogen) atoms. The molecule has 1 rings (SSSR count). The summed E-state index contributed by atoms with van der Waals surface area (Å²) in [4.78, 5) is 14.7. The molecule has 0 bridgehead atoms. The zero-order chi connectivity index (χ0) is 19.8. The first kappa shape index (κ1) is 24.3. The SMILES string of the molecule is CSP(=O)(OC(C)(C)C)SCCOC(=O)C(C)(C)CCN1CCOCC1. The van der Waals surface area contributed by atoms with Crippen molar-refractivity contribution < 1.29 is 23.4 Å². The van der Waals surface area contributed by atoms with E-state index in [0.717, 1.165) is 39.3 Å².